The third-order valence-corrected chi connectivity index (χ3v) is 5.39. The molecule has 0 unspecified atom stereocenters. The van der Waals surface area contributed by atoms with Crippen LogP contribution in [0, 0.1) is 12.7 Å². The molecule has 27 heavy (non-hydrogen) atoms. The molecule has 0 aliphatic carbocycles. The number of hydrogen-bond donors (Lipinski definition) is 1. The van der Waals surface area contributed by atoms with Gasteiger partial charge in [-0.25, -0.2) is 4.39 Å². The van der Waals surface area contributed by atoms with E-state index in [-0.39, 0.29) is 12.4 Å². The van der Waals surface area contributed by atoms with Crippen molar-refractivity contribution in [2.45, 2.75) is 39.3 Å². The van der Waals surface area contributed by atoms with E-state index >= 15 is 0 Å². The minimum atomic E-state index is -0.768. The van der Waals surface area contributed by atoms with E-state index < -0.39 is 5.97 Å². The first-order valence-electron chi connectivity index (χ1n) is 9.50. The number of likely N-dealkylation sites (tertiary alicyclic amines) is 1. The van der Waals surface area contributed by atoms with Crippen molar-refractivity contribution in [3.63, 3.8) is 0 Å². The molecule has 0 amide bonds. The summed E-state index contributed by atoms with van der Waals surface area (Å²) in [7, 11) is 0. The normalized spacial score (nSPS) is 16.1. The number of hydrogen-bond acceptors (Lipinski definition) is 4. The zero-order valence-corrected chi connectivity index (χ0v) is 15.9. The van der Waals surface area contributed by atoms with Crippen molar-refractivity contribution in [2.75, 3.05) is 26.2 Å². The van der Waals surface area contributed by atoms with Crippen molar-refractivity contribution in [2.24, 2.45) is 0 Å². The molecule has 1 N–H and O–H groups in total. The highest BCUT2D eigenvalue weighted by Crippen LogP contribution is 2.28. The Labute approximate surface area is 159 Å². The molecule has 146 valence electrons. The first kappa shape index (κ1) is 19.6. The second-order valence-corrected chi connectivity index (χ2v) is 7.14. The fraction of sp³-hybridized carbons (Fsp3) is 0.476. The average molecular weight is 374 g/mol. The van der Waals surface area contributed by atoms with Gasteiger partial charge in [0.15, 0.2) is 0 Å². The first-order valence-corrected chi connectivity index (χ1v) is 9.50. The van der Waals surface area contributed by atoms with Crippen LogP contribution in [0.5, 0.6) is 0 Å². The predicted octanol–water partition coefficient (Wildman–Crippen LogP) is 3.77. The van der Waals surface area contributed by atoms with Crippen LogP contribution in [0.2, 0.25) is 0 Å². The van der Waals surface area contributed by atoms with E-state index in [0.717, 1.165) is 43.8 Å². The van der Waals surface area contributed by atoms with Crippen LogP contribution >= 0.6 is 0 Å². The Balaban J connectivity index is 1.58. The van der Waals surface area contributed by atoms with E-state index in [9.17, 15) is 9.18 Å². The van der Waals surface area contributed by atoms with Crippen molar-refractivity contribution >= 4 is 5.97 Å². The Hall–Kier alpha value is -2.18. The number of likely N-dealkylation sites (N-methyl/N-ethyl adjacent to an activating group) is 1. The Kier molecular flexibility index (Phi) is 6.29. The van der Waals surface area contributed by atoms with Crippen LogP contribution in [0.1, 0.15) is 31.1 Å². The van der Waals surface area contributed by atoms with Crippen molar-refractivity contribution in [3.05, 3.63) is 47.5 Å². The summed E-state index contributed by atoms with van der Waals surface area (Å²) in [4.78, 5) is 15.4. The topological polar surface area (TPSA) is 56.9 Å². The standard InChI is InChI=1S/C21H27FN2O3/c1-3-24(14-21(25)26)16-9-11-23(12-10-16)13-17-7-8-20(27-17)18-5-4-6-19(22)15(18)2/h4-8,16H,3,9-14H2,1-2H3,(H,25,26). The molecule has 1 aliphatic rings. The summed E-state index contributed by atoms with van der Waals surface area (Å²) in [6.45, 7) is 7.17. The number of aliphatic carboxylic acids is 1. The highest BCUT2D eigenvalue weighted by Gasteiger charge is 2.25. The monoisotopic (exact) mass is 374 g/mol. The van der Waals surface area contributed by atoms with E-state index in [0.29, 0.717) is 23.9 Å². The Morgan fingerprint density at radius 1 is 1.30 bits per heavy atom. The molecule has 0 atom stereocenters. The van der Waals surface area contributed by atoms with Gasteiger partial charge < -0.3 is 9.52 Å². The number of piperidine rings is 1. The molecule has 1 aromatic carbocycles. The number of carboxylic acids is 1. The predicted molar refractivity (Wildman–Crippen MR) is 102 cm³/mol. The molecule has 2 aromatic rings. The molecule has 1 saturated heterocycles. The summed E-state index contributed by atoms with van der Waals surface area (Å²) in [6.07, 6.45) is 1.91. The fourth-order valence-electron chi connectivity index (χ4n) is 3.82. The van der Waals surface area contributed by atoms with Gasteiger partial charge in [-0.1, -0.05) is 19.1 Å². The lowest BCUT2D eigenvalue weighted by atomic mass is 10.0. The molecule has 5 nitrogen and oxygen atoms in total. The number of furan rings is 1. The Bertz CT molecular complexity index is 781. The molecule has 0 bridgehead atoms. The summed E-state index contributed by atoms with van der Waals surface area (Å²) >= 11 is 0. The second kappa shape index (κ2) is 8.67. The maximum atomic E-state index is 13.8. The lowest BCUT2D eigenvalue weighted by molar-refractivity contribution is -0.139. The summed E-state index contributed by atoms with van der Waals surface area (Å²) in [5, 5.41) is 9.04. The summed E-state index contributed by atoms with van der Waals surface area (Å²) < 4.78 is 19.7. The SMILES string of the molecule is CCN(CC(=O)O)C1CCN(Cc2ccc(-c3cccc(F)c3C)o2)CC1. The third-order valence-electron chi connectivity index (χ3n) is 5.39. The molecular weight excluding hydrogens is 347 g/mol. The van der Waals surface area contributed by atoms with E-state index in [2.05, 4.69) is 4.90 Å². The molecule has 1 aliphatic heterocycles. The van der Waals surface area contributed by atoms with E-state index in [1.807, 2.05) is 30.0 Å². The zero-order valence-electron chi connectivity index (χ0n) is 15.9. The van der Waals surface area contributed by atoms with Gasteiger partial charge in [-0.3, -0.25) is 14.6 Å². The van der Waals surface area contributed by atoms with Gasteiger partial charge in [0, 0.05) is 24.7 Å². The summed E-state index contributed by atoms with van der Waals surface area (Å²) in [5.41, 5.74) is 1.38. The smallest absolute Gasteiger partial charge is 0.317 e. The molecule has 1 aromatic heterocycles. The fourth-order valence-corrected chi connectivity index (χ4v) is 3.82. The second-order valence-electron chi connectivity index (χ2n) is 7.14. The molecule has 2 heterocycles. The van der Waals surface area contributed by atoms with Crippen molar-refractivity contribution < 1.29 is 18.7 Å². The van der Waals surface area contributed by atoms with Crippen LogP contribution in [0.3, 0.4) is 0 Å². The van der Waals surface area contributed by atoms with E-state index in [1.165, 1.54) is 6.07 Å². The molecule has 0 spiro atoms. The minimum Gasteiger partial charge on any atom is -0.480 e. The number of carbonyl (C=O) groups is 1. The van der Waals surface area contributed by atoms with Gasteiger partial charge in [-0.15, -0.1) is 0 Å². The number of halogens is 1. The molecule has 0 saturated carbocycles. The van der Waals surface area contributed by atoms with Crippen LogP contribution in [0.25, 0.3) is 11.3 Å². The summed E-state index contributed by atoms with van der Waals surface area (Å²) in [6, 6.07) is 9.20. The largest absolute Gasteiger partial charge is 0.480 e. The Morgan fingerprint density at radius 2 is 2.04 bits per heavy atom. The zero-order chi connectivity index (χ0) is 19.4. The van der Waals surface area contributed by atoms with Gasteiger partial charge in [-0.05, 0) is 50.1 Å². The van der Waals surface area contributed by atoms with Gasteiger partial charge in [-0.2, -0.15) is 0 Å². The van der Waals surface area contributed by atoms with Gasteiger partial charge in [0.1, 0.15) is 17.3 Å². The lowest BCUT2D eigenvalue weighted by Crippen LogP contribution is -2.46. The highest BCUT2D eigenvalue weighted by molar-refractivity contribution is 5.69. The van der Waals surface area contributed by atoms with Crippen molar-refractivity contribution in [3.8, 4) is 11.3 Å². The number of nitrogens with zero attached hydrogens (tertiary/aromatic N) is 2. The lowest BCUT2D eigenvalue weighted by Gasteiger charge is -2.37. The van der Waals surface area contributed by atoms with Crippen molar-refractivity contribution in [1.29, 1.82) is 0 Å². The van der Waals surface area contributed by atoms with E-state index in [1.54, 1.807) is 13.0 Å². The number of benzene rings is 1. The van der Waals surface area contributed by atoms with Gasteiger partial charge >= 0.3 is 5.97 Å². The quantitative estimate of drug-likeness (QED) is 0.800. The molecule has 3 rings (SSSR count). The third kappa shape index (κ3) is 4.76. The van der Waals surface area contributed by atoms with Crippen LogP contribution in [-0.2, 0) is 11.3 Å². The van der Waals surface area contributed by atoms with Crippen LogP contribution in [0.15, 0.2) is 34.7 Å². The van der Waals surface area contributed by atoms with Crippen molar-refractivity contribution in [1.82, 2.24) is 9.80 Å². The van der Waals surface area contributed by atoms with Crippen LogP contribution in [0.4, 0.5) is 4.39 Å². The molecule has 6 heteroatoms. The highest BCUT2D eigenvalue weighted by atomic mass is 19.1. The Morgan fingerprint density at radius 3 is 2.70 bits per heavy atom. The van der Waals surface area contributed by atoms with Gasteiger partial charge in [0.25, 0.3) is 0 Å². The maximum Gasteiger partial charge on any atom is 0.317 e. The van der Waals surface area contributed by atoms with Gasteiger partial charge in [0.2, 0.25) is 0 Å². The number of rotatable bonds is 7. The van der Waals surface area contributed by atoms with Crippen LogP contribution < -0.4 is 0 Å². The molecule has 1 fully saturated rings. The average Bonchev–Trinajstić information content (AvgIpc) is 3.11. The van der Waals surface area contributed by atoms with Crippen LogP contribution in [-0.4, -0.2) is 53.1 Å². The molecule has 0 radical (unpaired) electrons. The van der Waals surface area contributed by atoms with Gasteiger partial charge in [0.05, 0.1) is 13.1 Å². The minimum absolute atomic E-state index is 0.107. The van der Waals surface area contributed by atoms with E-state index in [4.69, 9.17) is 9.52 Å². The summed E-state index contributed by atoms with van der Waals surface area (Å²) in [5.74, 6) is 0.560. The first-order chi connectivity index (χ1) is 13.0. The molecular formula is C21H27FN2O3. The maximum absolute atomic E-state index is 13.8. The number of carboxylic acid groups (broad SMARTS) is 1.